The Bertz CT molecular complexity index is 802. The molecule has 1 saturated heterocycles. The second-order valence-corrected chi connectivity index (χ2v) is 6.31. The Morgan fingerprint density at radius 1 is 0.917 bits per heavy atom. The van der Waals surface area contributed by atoms with Crippen LogP contribution in [0.25, 0.3) is 0 Å². The van der Waals surface area contributed by atoms with E-state index in [-0.39, 0.29) is 11.2 Å². The van der Waals surface area contributed by atoms with Gasteiger partial charge in [-0.15, -0.1) is 0 Å². The Balaban J connectivity index is 1.61. The van der Waals surface area contributed by atoms with E-state index in [9.17, 15) is 9.59 Å². The molecule has 6 heteroatoms. The second-order valence-electron chi connectivity index (χ2n) is 6.31. The zero-order valence-electron chi connectivity index (χ0n) is 14.3. The van der Waals surface area contributed by atoms with Gasteiger partial charge in [0, 0.05) is 52.9 Å². The summed E-state index contributed by atoms with van der Waals surface area (Å²) in [6.45, 7) is 4.57. The summed E-state index contributed by atoms with van der Waals surface area (Å²) in [5.74, 6) is 0.714. The fourth-order valence-electron chi connectivity index (χ4n) is 3.16. The third kappa shape index (κ3) is 3.43. The molecule has 1 fully saturated rings. The molecule has 0 unspecified atom stereocenters. The van der Waals surface area contributed by atoms with Gasteiger partial charge in [0.25, 0.3) is 5.56 Å². The molecule has 1 aromatic carbocycles. The van der Waals surface area contributed by atoms with Gasteiger partial charge >= 0.3 is 5.69 Å². The molecule has 0 aliphatic carbocycles. The number of hydrogen-bond acceptors (Lipinski definition) is 4. The molecule has 0 amide bonds. The van der Waals surface area contributed by atoms with Crippen molar-refractivity contribution in [1.82, 2.24) is 14.0 Å². The minimum Gasteiger partial charge on any atom is -0.355 e. The van der Waals surface area contributed by atoms with Crippen LogP contribution in [0.3, 0.4) is 0 Å². The van der Waals surface area contributed by atoms with Gasteiger partial charge in [-0.05, 0) is 12.0 Å². The number of piperazine rings is 1. The third-order valence-electron chi connectivity index (χ3n) is 4.76. The molecule has 0 bridgehead atoms. The van der Waals surface area contributed by atoms with Gasteiger partial charge in [-0.2, -0.15) is 0 Å². The van der Waals surface area contributed by atoms with Gasteiger partial charge in [0.05, 0.1) is 0 Å². The van der Waals surface area contributed by atoms with Crippen molar-refractivity contribution >= 4 is 5.82 Å². The first-order chi connectivity index (χ1) is 11.6. The average Bonchev–Trinajstić information content (AvgIpc) is 2.62. The lowest BCUT2D eigenvalue weighted by Crippen LogP contribution is -2.49. The molecule has 0 saturated carbocycles. The Hall–Kier alpha value is -2.34. The lowest BCUT2D eigenvalue weighted by atomic mass is 10.1. The summed E-state index contributed by atoms with van der Waals surface area (Å²) >= 11 is 0. The van der Waals surface area contributed by atoms with E-state index in [4.69, 9.17) is 0 Å². The van der Waals surface area contributed by atoms with Crippen LogP contribution in [0.15, 0.2) is 46.0 Å². The summed E-state index contributed by atoms with van der Waals surface area (Å²) in [6, 6.07) is 12.1. The number of anilines is 1. The van der Waals surface area contributed by atoms with Crippen LogP contribution in [0.2, 0.25) is 0 Å². The van der Waals surface area contributed by atoms with Crippen LogP contribution in [0, 0.1) is 0 Å². The van der Waals surface area contributed by atoms with Crippen molar-refractivity contribution in [3.8, 4) is 0 Å². The summed E-state index contributed by atoms with van der Waals surface area (Å²) < 4.78 is 2.70. The summed E-state index contributed by atoms with van der Waals surface area (Å²) in [5, 5.41) is 0. The van der Waals surface area contributed by atoms with Crippen LogP contribution in [0.4, 0.5) is 5.82 Å². The molecule has 2 heterocycles. The highest BCUT2D eigenvalue weighted by Crippen LogP contribution is 2.12. The Kier molecular flexibility index (Phi) is 4.85. The van der Waals surface area contributed by atoms with E-state index in [1.165, 1.54) is 12.6 Å². The van der Waals surface area contributed by atoms with E-state index in [1.807, 2.05) is 6.07 Å². The smallest absolute Gasteiger partial charge is 0.332 e. The molecule has 2 aromatic rings. The molecule has 3 rings (SSSR count). The highest BCUT2D eigenvalue weighted by Gasteiger charge is 2.20. The minimum absolute atomic E-state index is 0.250. The normalized spacial score (nSPS) is 15.7. The number of aromatic nitrogens is 2. The van der Waals surface area contributed by atoms with Crippen LogP contribution in [0.1, 0.15) is 5.56 Å². The third-order valence-corrected chi connectivity index (χ3v) is 4.76. The second kappa shape index (κ2) is 7.05. The van der Waals surface area contributed by atoms with Crippen molar-refractivity contribution in [3.05, 3.63) is 62.8 Å². The first-order valence-electron chi connectivity index (χ1n) is 8.34. The molecule has 0 radical (unpaired) electrons. The monoisotopic (exact) mass is 328 g/mol. The van der Waals surface area contributed by atoms with E-state index in [2.05, 4.69) is 34.1 Å². The number of rotatable bonds is 4. The number of hydrogen-bond donors (Lipinski definition) is 0. The van der Waals surface area contributed by atoms with Crippen molar-refractivity contribution in [1.29, 1.82) is 0 Å². The van der Waals surface area contributed by atoms with Crippen molar-refractivity contribution in [2.45, 2.75) is 6.42 Å². The largest absolute Gasteiger partial charge is 0.355 e. The topological polar surface area (TPSA) is 50.5 Å². The predicted octanol–water partition coefficient (Wildman–Crippen LogP) is 0.449. The number of benzene rings is 1. The molecule has 128 valence electrons. The van der Waals surface area contributed by atoms with Gasteiger partial charge in [-0.3, -0.25) is 18.8 Å². The summed E-state index contributed by atoms with van der Waals surface area (Å²) in [6.07, 6.45) is 1.05. The Morgan fingerprint density at radius 2 is 1.58 bits per heavy atom. The van der Waals surface area contributed by atoms with Gasteiger partial charge in [-0.1, -0.05) is 30.3 Å². The van der Waals surface area contributed by atoms with Gasteiger partial charge in [-0.25, -0.2) is 4.79 Å². The maximum atomic E-state index is 12.1. The Morgan fingerprint density at radius 3 is 2.25 bits per heavy atom. The molecule has 1 aromatic heterocycles. The van der Waals surface area contributed by atoms with Crippen molar-refractivity contribution < 1.29 is 0 Å². The molecule has 0 N–H and O–H groups in total. The fourth-order valence-corrected chi connectivity index (χ4v) is 3.16. The zero-order chi connectivity index (χ0) is 17.1. The molecular weight excluding hydrogens is 304 g/mol. The first-order valence-corrected chi connectivity index (χ1v) is 8.34. The highest BCUT2D eigenvalue weighted by atomic mass is 16.2. The SMILES string of the molecule is Cn1c(N2CCN(CCc3ccccc3)CC2)cc(=O)n(C)c1=O. The molecule has 6 nitrogen and oxygen atoms in total. The van der Waals surface area contributed by atoms with Crippen LogP contribution in [-0.2, 0) is 20.5 Å². The first kappa shape index (κ1) is 16.5. The van der Waals surface area contributed by atoms with Gasteiger partial charge < -0.3 is 4.90 Å². The van der Waals surface area contributed by atoms with Gasteiger partial charge in [0.2, 0.25) is 0 Å². The highest BCUT2D eigenvalue weighted by molar-refractivity contribution is 5.38. The summed E-state index contributed by atoms with van der Waals surface area (Å²) in [4.78, 5) is 28.5. The van der Waals surface area contributed by atoms with Crippen LogP contribution in [0.5, 0.6) is 0 Å². The quantitative estimate of drug-likeness (QED) is 0.818. The molecule has 0 atom stereocenters. The van der Waals surface area contributed by atoms with E-state index in [0.717, 1.165) is 43.7 Å². The van der Waals surface area contributed by atoms with Crippen molar-refractivity contribution in [3.63, 3.8) is 0 Å². The van der Waals surface area contributed by atoms with Crippen molar-refractivity contribution in [2.75, 3.05) is 37.6 Å². The van der Waals surface area contributed by atoms with Gasteiger partial charge in [0.1, 0.15) is 5.82 Å². The van der Waals surface area contributed by atoms with E-state index in [1.54, 1.807) is 17.7 Å². The van der Waals surface area contributed by atoms with E-state index < -0.39 is 0 Å². The maximum Gasteiger partial charge on any atom is 0.332 e. The lowest BCUT2D eigenvalue weighted by Gasteiger charge is -2.36. The van der Waals surface area contributed by atoms with Crippen molar-refractivity contribution in [2.24, 2.45) is 14.1 Å². The minimum atomic E-state index is -0.274. The molecule has 1 aliphatic rings. The average molecular weight is 328 g/mol. The van der Waals surface area contributed by atoms with Crippen LogP contribution < -0.4 is 16.1 Å². The zero-order valence-corrected chi connectivity index (χ0v) is 14.3. The molecule has 0 spiro atoms. The predicted molar refractivity (Wildman–Crippen MR) is 95.7 cm³/mol. The number of nitrogens with zero attached hydrogens (tertiary/aromatic N) is 4. The molecule has 1 aliphatic heterocycles. The summed E-state index contributed by atoms with van der Waals surface area (Å²) in [7, 11) is 3.23. The fraction of sp³-hybridized carbons (Fsp3) is 0.444. The van der Waals surface area contributed by atoms with Crippen LogP contribution in [-0.4, -0.2) is 46.8 Å². The standard InChI is InChI=1S/C18H24N4O2/c1-19-16(14-17(23)20(2)18(19)24)22-12-10-21(11-13-22)9-8-15-6-4-3-5-7-15/h3-7,14H,8-13H2,1-2H3. The van der Waals surface area contributed by atoms with E-state index >= 15 is 0 Å². The summed E-state index contributed by atoms with van der Waals surface area (Å²) in [5.41, 5.74) is 0.831. The van der Waals surface area contributed by atoms with Gasteiger partial charge in [0.15, 0.2) is 0 Å². The molecule has 24 heavy (non-hydrogen) atoms. The van der Waals surface area contributed by atoms with E-state index in [0.29, 0.717) is 5.82 Å². The van der Waals surface area contributed by atoms with Crippen LogP contribution >= 0.6 is 0 Å². The Labute approximate surface area is 141 Å². The lowest BCUT2D eigenvalue weighted by molar-refractivity contribution is 0.259. The molecular formula is C18H24N4O2. The maximum absolute atomic E-state index is 12.1.